The number of piperidine rings is 1. The van der Waals surface area contributed by atoms with Gasteiger partial charge in [-0.25, -0.2) is 4.79 Å². The highest BCUT2D eigenvalue weighted by Gasteiger charge is 2.32. The second-order valence-electron chi connectivity index (χ2n) is 7.26. The van der Waals surface area contributed by atoms with E-state index in [-0.39, 0.29) is 12.6 Å². The van der Waals surface area contributed by atoms with E-state index in [1.807, 2.05) is 23.1 Å². The van der Waals surface area contributed by atoms with Gasteiger partial charge in [0.05, 0.1) is 12.2 Å². The SMILES string of the molecule is O=C(NCCCN1CCC[C@H](CO)C1)N(Cc1ccccn1)C1CC1. The number of urea groups is 1. The topological polar surface area (TPSA) is 68.7 Å². The smallest absolute Gasteiger partial charge is 0.318 e. The maximum Gasteiger partial charge on any atom is 0.318 e. The zero-order chi connectivity index (χ0) is 17.5. The number of hydrogen-bond donors (Lipinski definition) is 2. The summed E-state index contributed by atoms with van der Waals surface area (Å²) < 4.78 is 0. The fraction of sp³-hybridized carbons (Fsp3) is 0.684. The molecule has 3 rings (SSSR count). The first-order chi connectivity index (χ1) is 12.3. The van der Waals surface area contributed by atoms with Crippen LogP contribution in [-0.4, -0.2) is 64.7 Å². The van der Waals surface area contributed by atoms with Gasteiger partial charge in [-0.3, -0.25) is 4.98 Å². The first-order valence-corrected chi connectivity index (χ1v) is 9.54. The summed E-state index contributed by atoms with van der Waals surface area (Å²) in [6.07, 6.45) is 7.21. The van der Waals surface area contributed by atoms with Crippen molar-refractivity contribution in [1.82, 2.24) is 20.1 Å². The molecule has 25 heavy (non-hydrogen) atoms. The molecule has 2 amide bonds. The molecule has 2 N–H and O–H groups in total. The Hall–Kier alpha value is -1.66. The number of hydrogen-bond acceptors (Lipinski definition) is 4. The third kappa shape index (κ3) is 5.68. The Morgan fingerprint density at radius 2 is 2.24 bits per heavy atom. The minimum Gasteiger partial charge on any atom is -0.396 e. The van der Waals surface area contributed by atoms with Crippen LogP contribution in [0, 0.1) is 5.92 Å². The lowest BCUT2D eigenvalue weighted by Gasteiger charge is -2.31. The number of rotatable bonds is 8. The molecule has 1 saturated heterocycles. The highest BCUT2D eigenvalue weighted by Crippen LogP contribution is 2.28. The van der Waals surface area contributed by atoms with E-state index in [2.05, 4.69) is 15.2 Å². The summed E-state index contributed by atoms with van der Waals surface area (Å²) in [5, 5.41) is 12.4. The molecule has 138 valence electrons. The van der Waals surface area contributed by atoms with Gasteiger partial charge in [0, 0.05) is 31.9 Å². The Labute approximate surface area is 150 Å². The normalized spacial score (nSPS) is 21.1. The monoisotopic (exact) mass is 346 g/mol. The highest BCUT2D eigenvalue weighted by atomic mass is 16.3. The molecule has 0 bridgehead atoms. The van der Waals surface area contributed by atoms with E-state index in [0.29, 0.717) is 25.0 Å². The number of carbonyl (C=O) groups excluding carboxylic acids is 1. The summed E-state index contributed by atoms with van der Waals surface area (Å²) in [7, 11) is 0. The van der Waals surface area contributed by atoms with Crippen molar-refractivity contribution in [2.75, 3.05) is 32.8 Å². The Balaban J connectivity index is 1.38. The van der Waals surface area contributed by atoms with Crippen LogP contribution in [0.5, 0.6) is 0 Å². The molecule has 0 unspecified atom stereocenters. The Kier molecular flexibility index (Phi) is 6.64. The number of aromatic nitrogens is 1. The average molecular weight is 346 g/mol. The van der Waals surface area contributed by atoms with Gasteiger partial charge in [-0.2, -0.15) is 0 Å². The molecule has 2 aliphatic rings. The Morgan fingerprint density at radius 3 is 2.96 bits per heavy atom. The lowest BCUT2D eigenvalue weighted by atomic mass is 9.99. The second kappa shape index (κ2) is 9.15. The molecule has 1 aliphatic heterocycles. The van der Waals surface area contributed by atoms with Crippen LogP contribution in [0.15, 0.2) is 24.4 Å². The summed E-state index contributed by atoms with van der Waals surface area (Å²) in [6.45, 7) is 4.65. The quantitative estimate of drug-likeness (QED) is 0.705. The number of aliphatic hydroxyl groups excluding tert-OH is 1. The van der Waals surface area contributed by atoms with Crippen molar-refractivity contribution in [2.24, 2.45) is 5.92 Å². The van der Waals surface area contributed by atoms with Gasteiger partial charge in [-0.1, -0.05) is 6.07 Å². The molecule has 6 heteroatoms. The van der Waals surface area contributed by atoms with Gasteiger partial charge in [0.15, 0.2) is 0 Å². The van der Waals surface area contributed by atoms with E-state index < -0.39 is 0 Å². The van der Waals surface area contributed by atoms with Crippen molar-refractivity contribution in [3.8, 4) is 0 Å². The minimum atomic E-state index is 0.0278. The van der Waals surface area contributed by atoms with Gasteiger partial charge in [-0.15, -0.1) is 0 Å². The molecule has 2 fully saturated rings. The first-order valence-electron chi connectivity index (χ1n) is 9.54. The Morgan fingerprint density at radius 1 is 1.36 bits per heavy atom. The summed E-state index contributed by atoms with van der Waals surface area (Å²) in [5.41, 5.74) is 0.938. The highest BCUT2D eigenvalue weighted by molar-refractivity contribution is 5.74. The number of likely N-dealkylation sites (tertiary alicyclic amines) is 1. The zero-order valence-electron chi connectivity index (χ0n) is 14.9. The van der Waals surface area contributed by atoms with E-state index in [0.717, 1.165) is 57.4 Å². The standard InChI is InChI=1S/C19H30N4O2/c24-15-16-5-3-11-22(13-16)12-4-10-21-19(25)23(18-7-8-18)14-17-6-1-2-9-20-17/h1-2,6,9,16,18,24H,3-5,7-8,10-15H2,(H,21,25)/t16-/m0/s1. The number of nitrogens with zero attached hydrogens (tertiary/aromatic N) is 3. The third-order valence-corrected chi connectivity index (χ3v) is 5.10. The molecule has 1 aromatic heterocycles. The van der Waals surface area contributed by atoms with Crippen molar-refractivity contribution >= 4 is 6.03 Å². The van der Waals surface area contributed by atoms with E-state index in [9.17, 15) is 9.90 Å². The summed E-state index contributed by atoms with van der Waals surface area (Å²) in [4.78, 5) is 21.2. The van der Waals surface area contributed by atoms with Crippen molar-refractivity contribution in [2.45, 2.75) is 44.7 Å². The molecule has 1 aromatic rings. The molecule has 2 heterocycles. The van der Waals surface area contributed by atoms with Crippen molar-refractivity contribution < 1.29 is 9.90 Å². The molecule has 1 atom stereocenters. The molecule has 0 spiro atoms. The Bertz CT molecular complexity index is 535. The van der Waals surface area contributed by atoms with Crippen LogP contribution >= 0.6 is 0 Å². The molecule has 0 radical (unpaired) electrons. The minimum absolute atomic E-state index is 0.0278. The van der Waals surface area contributed by atoms with Gasteiger partial charge in [0.2, 0.25) is 0 Å². The van der Waals surface area contributed by atoms with E-state index in [1.165, 1.54) is 0 Å². The van der Waals surface area contributed by atoms with Gasteiger partial charge < -0.3 is 20.2 Å². The maximum absolute atomic E-state index is 12.5. The zero-order valence-corrected chi connectivity index (χ0v) is 14.9. The first kappa shape index (κ1) is 18.1. The molecule has 1 saturated carbocycles. The third-order valence-electron chi connectivity index (χ3n) is 5.10. The fourth-order valence-corrected chi connectivity index (χ4v) is 3.52. The van der Waals surface area contributed by atoms with Crippen LogP contribution in [0.4, 0.5) is 4.79 Å². The molecular formula is C19H30N4O2. The van der Waals surface area contributed by atoms with Crippen LogP contribution < -0.4 is 5.32 Å². The van der Waals surface area contributed by atoms with Crippen LogP contribution in [-0.2, 0) is 6.54 Å². The molecule has 6 nitrogen and oxygen atoms in total. The average Bonchev–Trinajstić information content (AvgIpc) is 3.49. The van der Waals surface area contributed by atoms with Crippen LogP contribution in [0.25, 0.3) is 0 Å². The molecular weight excluding hydrogens is 316 g/mol. The summed E-state index contributed by atoms with van der Waals surface area (Å²) >= 11 is 0. The fourth-order valence-electron chi connectivity index (χ4n) is 3.52. The number of aliphatic hydroxyl groups is 1. The van der Waals surface area contributed by atoms with E-state index >= 15 is 0 Å². The summed E-state index contributed by atoms with van der Waals surface area (Å²) in [6, 6.07) is 6.22. The predicted octanol–water partition coefficient (Wildman–Crippen LogP) is 1.85. The molecule has 1 aliphatic carbocycles. The number of amides is 2. The van der Waals surface area contributed by atoms with E-state index in [4.69, 9.17) is 0 Å². The lowest BCUT2D eigenvalue weighted by molar-refractivity contribution is 0.119. The van der Waals surface area contributed by atoms with Crippen LogP contribution in [0.1, 0.15) is 37.8 Å². The number of pyridine rings is 1. The van der Waals surface area contributed by atoms with Gasteiger partial charge in [0.25, 0.3) is 0 Å². The van der Waals surface area contributed by atoms with Gasteiger partial charge >= 0.3 is 6.03 Å². The van der Waals surface area contributed by atoms with Crippen LogP contribution in [0.2, 0.25) is 0 Å². The number of nitrogens with one attached hydrogen (secondary N) is 1. The van der Waals surface area contributed by atoms with Crippen molar-refractivity contribution in [3.63, 3.8) is 0 Å². The van der Waals surface area contributed by atoms with Crippen molar-refractivity contribution in [1.29, 1.82) is 0 Å². The van der Waals surface area contributed by atoms with Gasteiger partial charge in [-0.05, 0) is 63.2 Å². The second-order valence-corrected chi connectivity index (χ2v) is 7.26. The maximum atomic E-state index is 12.5. The predicted molar refractivity (Wildman–Crippen MR) is 97.1 cm³/mol. The van der Waals surface area contributed by atoms with Crippen LogP contribution in [0.3, 0.4) is 0 Å². The van der Waals surface area contributed by atoms with Gasteiger partial charge in [0.1, 0.15) is 0 Å². The summed E-state index contributed by atoms with van der Waals surface area (Å²) in [5.74, 6) is 0.423. The lowest BCUT2D eigenvalue weighted by Crippen LogP contribution is -2.42. The molecule has 0 aromatic carbocycles. The number of carbonyl (C=O) groups is 1. The van der Waals surface area contributed by atoms with Crippen molar-refractivity contribution in [3.05, 3.63) is 30.1 Å². The largest absolute Gasteiger partial charge is 0.396 e. The van der Waals surface area contributed by atoms with E-state index in [1.54, 1.807) is 6.20 Å².